The van der Waals surface area contributed by atoms with Crippen LogP contribution in [0.2, 0.25) is 0 Å². The number of hydrogen-bond donors (Lipinski definition) is 0. The summed E-state index contributed by atoms with van der Waals surface area (Å²) in [5.74, 6) is -0.850. The van der Waals surface area contributed by atoms with Gasteiger partial charge in [-0.25, -0.2) is 0 Å². The van der Waals surface area contributed by atoms with E-state index in [1.807, 2.05) is 0 Å². The second-order valence-electron chi connectivity index (χ2n) is 24.2. The minimum Gasteiger partial charge on any atom is -0.462 e. The van der Waals surface area contributed by atoms with E-state index < -0.39 is 6.10 Å². The lowest BCUT2D eigenvalue weighted by atomic mass is 10.0. The Morgan fingerprint density at radius 2 is 0.462 bits per heavy atom. The second kappa shape index (κ2) is 67.4. The van der Waals surface area contributed by atoms with Crippen LogP contribution in [0.4, 0.5) is 0 Å². The Hall–Kier alpha value is -2.11. The standard InChI is InChI=1S/C72H136O6/c1-4-7-10-13-16-19-22-25-28-30-32-34-35-36-37-38-40-41-44-47-50-53-56-59-62-65-71(74)77-68-69(67-76-70(73)64-61-58-55-52-49-46-43-27-24-21-18-15-12-9-6-3)78-72(75)66-63-60-57-54-51-48-45-42-39-33-31-29-26-23-20-17-14-11-8-5-2/h18,21,27,43,69H,4-17,19-20,22-26,28-42,44-68H2,1-3H3/b21-18-,43-27-. The smallest absolute Gasteiger partial charge is 0.306 e. The lowest BCUT2D eigenvalue weighted by Crippen LogP contribution is -2.30. The Morgan fingerprint density at radius 1 is 0.256 bits per heavy atom. The molecule has 0 rings (SSSR count). The van der Waals surface area contributed by atoms with Crippen LogP contribution in [0.1, 0.15) is 400 Å². The second-order valence-corrected chi connectivity index (χ2v) is 24.2. The monoisotopic (exact) mass is 1100 g/mol. The number of allylic oxidation sites excluding steroid dienone is 4. The van der Waals surface area contributed by atoms with Gasteiger partial charge in [0.2, 0.25) is 0 Å². The van der Waals surface area contributed by atoms with Gasteiger partial charge in [-0.3, -0.25) is 14.4 Å². The molecular formula is C72H136O6. The summed E-state index contributed by atoms with van der Waals surface area (Å²) in [6, 6.07) is 0. The molecule has 0 saturated carbocycles. The van der Waals surface area contributed by atoms with Gasteiger partial charge in [-0.15, -0.1) is 0 Å². The van der Waals surface area contributed by atoms with E-state index in [-0.39, 0.29) is 31.1 Å². The molecule has 0 aromatic rings. The molecule has 0 bridgehead atoms. The van der Waals surface area contributed by atoms with Gasteiger partial charge in [-0.1, -0.05) is 353 Å². The first kappa shape index (κ1) is 75.9. The zero-order chi connectivity index (χ0) is 56.4. The van der Waals surface area contributed by atoms with Gasteiger partial charge in [-0.2, -0.15) is 0 Å². The van der Waals surface area contributed by atoms with Gasteiger partial charge in [0.05, 0.1) is 0 Å². The zero-order valence-electron chi connectivity index (χ0n) is 53.0. The number of esters is 3. The third-order valence-electron chi connectivity index (χ3n) is 16.2. The molecule has 0 saturated heterocycles. The predicted molar refractivity (Wildman–Crippen MR) is 340 cm³/mol. The SMILES string of the molecule is CCCCC/C=C\C/C=C\CCCCCCCC(=O)OCC(COC(=O)CCCCCCCCCCCCCCCCCCCCCCCCCCC)OC(=O)CCCCCCCCCCCCCCCCCCCCCC. The largest absolute Gasteiger partial charge is 0.462 e. The fourth-order valence-corrected chi connectivity index (χ4v) is 10.9. The first-order valence-corrected chi connectivity index (χ1v) is 35.3. The highest BCUT2D eigenvalue weighted by atomic mass is 16.6. The van der Waals surface area contributed by atoms with Crippen LogP contribution in [0, 0.1) is 0 Å². The Kier molecular flexibility index (Phi) is 65.6. The maximum absolute atomic E-state index is 12.9. The summed E-state index contributed by atoms with van der Waals surface area (Å²) in [4.78, 5) is 38.4. The topological polar surface area (TPSA) is 78.9 Å². The van der Waals surface area contributed by atoms with Crippen molar-refractivity contribution in [1.29, 1.82) is 0 Å². The summed E-state index contributed by atoms with van der Waals surface area (Å²) in [7, 11) is 0. The third-order valence-corrected chi connectivity index (χ3v) is 16.2. The summed E-state index contributed by atoms with van der Waals surface area (Å²) < 4.78 is 17.0. The molecule has 6 heteroatoms. The van der Waals surface area contributed by atoms with Crippen molar-refractivity contribution in [1.82, 2.24) is 0 Å². The maximum Gasteiger partial charge on any atom is 0.306 e. The normalized spacial score (nSPS) is 12.1. The van der Waals surface area contributed by atoms with E-state index in [9.17, 15) is 14.4 Å². The van der Waals surface area contributed by atoms with Crippen molar-refractivity contribution in [2.24, 2.45) is 0 Å². The molecular weight excluding hydrogens is 961 g/mol. The fourth-order valence-electron chi connectivity index (χ4n) is 10.9. The molecule has 0 N–H and O–H groups in total. The summed E-state index contributed by atoms with van der Waals surface area (Å²) in [5.41, 5.74) is 0. The molecule has 0 spiro atoms. The number of rotatable bonds is 66. The van der Waals surface area contributed by atoms with Crippen LogP contribution in [0.5, 0.6) is 0 Å². The Bertz CT molecular complexity index is 1260. The molecule has 0 aliphatic heterocycles. The lowest BCUT2D eigenvalue weighted by Gasteiger charge is -2.18. The molecule has 0 aliphatic rings. The highest BCUT2D eigenvalue weighted by molar-refractivity contribution is 5.71. The Morgan fingerprint density at radius 3 is 0.731 bits per heavy atom. The molecule has 1 unspecified atom stereocenters. The molecule has 0 aromatic heterocycles. The van der Waals surface area contributed by atoms with Crippen molar-refractivity contribution in [3.8, 4) is 0 Å². The molecule has 0 amide bonds. The molecule has 6 nitrogen and oxygen atoms in total. The average Bonchev–Trinajstić information content (AvgIpc) is 3.44. The van der Waals surface area contributed by atoms with Crippen LogP contribution in [0.15, 0.2) is 24.3 Å². The minimum atomic E-state index is -0.774. The molecule has 0 heterocycles. The molecule has 1 atom stereocenters. The van der Waals surface area contributed by atoms with Gasteiger partial charge in [0, 0.05) is 19.3 Å². The summed E-state index contributed by atoms with van der Waals surface area (Å²) in [6.45, 7) is 6.69. The van der Waals surface area contributed by atoms with Crippen LogP contribution in [-0.2, 0) is 28.6 Å². The number of hydrogen-bond acceptors (Lipinski definition) is 6. The van der Waals surface area contributed by atoms with Crippen LogP contribution in [0.25, 0.3) is 0 Å². The maximum atomic E-state index is 12.9. The van der Waals surface area contributed by atoms with Crippen molar-refractivity contribution in [3.63, 3.8) is 0 Å². The average molecular weight is 1100 g/mol. The molecule has 460 valence electrons. The van der Waals surface area contributed by atoms with E-state index >= 15 is 0 Å². The van der Waals surface area contributed by atoms with Crippen molar-refractivity contribution in [2.45, 2.75) is 406 Å². The Labute approximate surface area is 487 Å². The molecule has 0 aromatic carbocycles. The van der Waals surface area contributed by atoms with Crippen molar-refractivity contribution in [3.05, 3.63) is 24.3 Å². The van der Waals surface area contributed by atoms with Gasteiger partial charge in [0.15, 0.2) is 6.10 Å². The zero-order valence-corrected chi connectivity index (χ0v) is 53.0. The molecule has 0 fully saturated rings. The molecule has 78 heavy (non-hydrogen) atoms. The minimum absolute atomic E-state index is 0.0692. The van der Waals surface area contributed by atoms with Crippen LogP contribution < -0.4 is 0 Å². The van der Waals surface area contributed by atoms with E-state index in [2.05, 4.69) is 45.1 Å². The van der Waals surface area contributed by atoms with Gasteiger partial charge < -0.3 is 14.2 Å². The number of ether oxygens (including phenoxy) is 3. The summed E-state index contributed by atoms with van der Waals surface area (Å²) in [5, 5.41) is 0. The first-order chi connectivity index (χ1) is 38.5. The van der Waals surface area contributed by atoms with Crippen molar-refractivity contribution in [2.75, 3.05) is 13.2 Å². The van der Waals surface area contributed by atoms with Crippen LogP contribution in [0.3, 0.4) is 0 Å². The molecule has 0 radical (unpaired) electrons. The van der Waals surface area contributed by atoms with E-state index in [0.29, 0.717) is 19.3 Å². The van der Waals surface area contributed by atoms with Crippen LogP contribution >= 0.6 is 0 Å². The highest BCUT2D eigenvalue weighted by Gasteiger charge is 2.19. The van der Waals surface area contributed by atoms with Gasteiger partial charge in [0.25, 0.3) is 0 Å². The fraction of sp³-hybridized carbons (Fsp3) is 0.903. The molecule has 0 aliphatic carbocycles. The quantitative estimate of drug-likeness (QED) is 0.0261. The number of carbonyl (C=O) groups is 3. The van der Waals surface area contributed by atoms with Gasteiger partial charge in [0.1, 0.15) is 13.2 Å². The lowest BCUT2D eigenvalue weighted by molar-refractivity contribution is -0.167. The van der Waals surface area contributed by atoms with Crippen molar-refractivity contribution >= 4 is 17.9 Å². The van der Waals surface area contributed by atoms with Gasteiger partial charge >= 0.3 is 17.9 Å². The third kappa shape index (κ3) is 64.7. The first-order valence-electron chi connectivity index (χ1n) is 35.3. The van der Waals surface area contributed by atoms with Crippen LogP contribution in [-0.4, -0.2) is 37.2 Å². The van der Waals surface area contributed by atoms with E-state index in [1.54, 1.807) is 0 Å². The number of carbonyl (C=O) groups excluding carboxylic acids is 3. The van der Waals surface area contributed by atoms with E-state index in [1.165, 1.54) is 283 Å². The van der Waals surface area contributed by atoms with Crippen molar-refractivity contribution < 1.29 is 28.6 Å². The number of unbranched alkanes of at least 4 members (excludes halogenated alkanes) is 51. The summed E-state index contributed by atoms with van der Waals surface area (Å²) >= 11 is 0. The summed E-state index contributed by atoms with van der Waals surface area (Å²) in [6.07, 6.45) is 82.1. The highest BCUT2D eigenvalue weighted by Crippen LogP contribution is 2.19. The Balaban J connectivity index is 4.25. The predicted octanol–water partition coefficient (Wildman–Crippen LogP) is 24.2. The van der Waals surface area contributed by atoms with E-state index in [0.717, 1.165) is 77.0 Å². The van der Waals surface area contributed by atoms with Gasteiger partial charge in [-0.05, 0) is 51.4 Å². The van der Waals surface area contributed by atoms with E-state index in [4.69, 9.17) is 14.2 Å².